The summed E-state index contributed by atoms with van der Waals surface area (Å²) in [4.78, 5) is 3.68. The number of hydrogen-bond donors (Lipinski definition) is 0. The van der Waals surface area contributed by atoms with E-state index in [1.807, 2.05) is 0 Å². The highest BCUT2D eigenvalue weighted by atomic mass is 79.9. The lowest BCUT2D eigenvalue weighted by atomic mass is 10.1. The van der Waals surface area contributed by atoms with Crippen LogP contribution in [0.25, 0.3) is 5.69 Å². The predicted molar refractivity (Wildman–Crippen MR) is 61.0 cm³/mol. The van der Waals surface area contributed by atoms with Crippen LogP contribution >= 0.6 is 15.9 Å². The maximum absolute atomic E-state index is 12.9. The zero-order chi connectivity index (χ0) is 13.3. The number of halogens is 4. The summed E-state index contributed by atoms with van der Waals surface area (Å²) in [5.41, 5.74) is -0.953. The van der Waals surface area contributed by atoms with E-state index in [2.05, 4.69) is 20.9 Å². The summed E-state index contributed by atoms with van der Waals surface area (Å²) in [5.74, 6) is -0.0985. The number of rotatable bonds is 1. The van der Waals surface area contributed by atoms with Crippen LogP contribution in [0.1, 0.15) is 11.4 Å². The first kappa shape index (κ1) is 12.6. The summed E-state index contributed by atoms with van der Waals surface area (Å²) in [5, 5.41) is 8.81. The predicted octanol–water partition coefficient (Wildman–Crippen LogP) is 3.53. The molecule has 0 aliphatic rings. The van der Waals surface area contributed by atoms with Crippen LogP contribution in [0.5, 0.6) is 0 Å². The van der Waals surface area contributed by atoms with Crippen molar-refractivity contribution in [2.75, 3.05) is 0 Å². The molecule has 0 unspecified atom stereocenters. The lowest BCUT2D eigenvalue weighted by molar-refractivity contribution is -0.137. The van der Waals surface area contributed by atoms with E-state index in [1.165, 1.54) is 24.5 Å². The summed E-state index contributed by atoms with van der Waals surface area (Å²) < 4.78 is 40.2. The number of hydrogen-bond acceptors (Lipinski definition) is 2. The zero-order valence-corrected chi connectivity index (χ0v) is 10.3. The third-order valence-electron chi connectivity index (χ3n) is 2.27. The molecule has 0 fully saturated rings. The molecule has 0 aliphatic carbocycles. The van der Waals surface area contributed by atoms with E-state index in [0.717, 1.165) is 10.6 Å². The van der Waals surface area contributed by atoms with E-state index in [9.17, 15) is 13.2 Å². The molecule has 2 rings (SSSR count). The Labute approximate surface area is 109 Å². The fourth-order valence-electron chi connectivity index (χ4n) is 1.52. The van der Waals surface area contributed by atoms with Gasteiger partial charge in [-0.3, -0.25) is 4.57 Å². The maximum Gasteiger partial charge on any atom is 0.418 e. The van der Waals surface area contributed by atoms with Gasteiger partial charge in [-0.25, -0.2) is 4.98 Å². The van der Waals surface area contributed by atoms with Gasteiger partial charge in [-0.05, 0) is 18.2 Å². The molecule has 0 saturated heterocycles. The molecule has 0 bridgehead atoms. The van der Waals surface area contributed by atoms with Crippen molar-refractivity contribution in [3.8, 4) is 11.8 Å². The Morgan fingerprint density at radius 1 is 1.33 bits per heavy atom. The molecule has 0 radical (unpaired) electrons. The number of imidazole rings is 1. The van der Waals surface area contributed by atoms with Gasteiger partial charge in [-0.1, -0.05) is 15.9 Å². The molecule has 1 aromatic heterocycles. The Morgan fingerprint density at radius 2 is 2.06 bits per heavy atom. The van der Waals surface area contributed by atoms with Gasteiger partial charge in [0.2, 0.25) is 5.82 Å². The minimum Gasteiger partial charge on any atom is -0.291 e. The molecule has 0 amide bonds. The average molecular weight is 316 g/mol. The highest BCUT2D eigenvalue weighted by molar-refractivity contribution is 9.10. The third kappa shape index (κ3) is 2.24. The molecule has 0 N–H and O–H groups in total. The number of nitriles is 1. The molecule has 3 nitrogen and oxygen atoms in total. The number of aromatic nitrogens is 2. The van der Waals surface area contributed by atoms with E-state index >= 15 is 0 Å². The van der Waals surface area contributed by atoms with Gasteiger partial charge in [-0.15, -0.1) is 0 Å². The monoisotopic (exact) mass is 315 g/mol. The van der Waals surface area contributed by atoms with Crippen molar-refractivity contribution in [3.63, 3.8) is 0 Å². The second-order valence-corrected chi connectivity index (χ2v) is 4.31. The molecule has 0 saturated carbocycles. The largest absolute Gasteiger partial charge is 0.418 e. The van der Waals surface area contributed by atoms with Gasteiger partial charge < -0.3 is 0 Å². The smallest absolute Gasteiger partial charge is 0.291 e. The van der Waals surface area contributed by atoms with Gasteiger partial charge in [0.05, 0.1) is 11.3 Å². The number of alkyl halides is 3. The minimum absolute atomic E-state index is 0.0985. The molecule has 92 valence electrons. The summed E-state index contributed by atoms with van der Waals surface area (Å²) in [6.07, 6.45) is -1.90. The quantitative estimate of drug-likeness (QED) is 0.808. The normalized spacial score (nSPS) is 11.3. The molecule has 0 aliphatic heterocycles. The fraction of sp³-hybridized carbons (Fsp3) is 0.0909. The standard InChI is InChI=1S/C11H5BrF3N3/c12-7-1-2-8(11(13,14)15)9(5-7)18-4-3-17-10(18)6-16/h1-5H. The van der Waals surface area contributed by atoms with Gasteiger partial charge >= 0.3 is 6.18 Å². The van der Waals surface area contributed by atoms with E-state index in [-0.39, 0.29) is 11.5 Å². The minimum atomic E-state index is -4.49. The Morgan fingerprint density at radius 3 is 2.67 bits per heavy atom. The molecular formula is C11H5BrF3N3. The molecule has 0 atom stereocenters. The first-order valence-corrected chi connectivity index (χ1v) is 5.53. The second kappa shape index (κ2) is 4.46. The van der Waals surface area contributed by atoms with Crippen molar-refractivity contribution in [1.29, 1.82) is 5.26 Å². The molecule has 1 aromatic carbocycles. The van der Waals surface area contributed by atoms with E-state index in [0.29, 0.717) is 4.47 Å². The SMILES string of the molecule is N#Cc1nccn1-c1cc(Br)ccc1C(F)(F)F. The lowest BCUT2D eigenvalue weighted by Gasteiger charge is -2.14. The lowest BCUT2D eigenvalue weighted by Crippen LogP contribution is -2.11. The maximum atomic E-state index is 12.9. The van der Waals surface area contributed by atoms with Crippen molar-refractivity contribution < 1.29 is 13.2 Å². The Balaban J connectivity index is 2.71. The fourth-order valence-corrected chi connectivity index (χ4v) is 1.87. The number of nitrogens with zero attached hydrogens (tertiary/aromatic N) is 3. The first-order chi connectivity index (χ1) is 8.43. The van der Waals surface area contributed by atoms with Crippen LogP contribution in [-0.2, 0) is 6.18 Å². The van der Waals surface area contributed by atoms with Crippen molar-refractivity contribution in [2.45, 2.75) is 6.18 Å². The van der Waals surface area contributed by atoms with Crippen LogP contribution in [-0.4, -0.2) is 9.55 Å². The summed E-state index contributed by atoms with van der Waals surface area (Å²) in [7, 11) is 0. The van der Waals surface area contributed by atoms with E-state index < -0.39 is 11.7 Å². The summed E-state index contributed by atoms with van der Waals surface area (Å²) in [6, 6.07) is 5.30. The van der Waals surface area contributed by atoms with E-state index in [4.69, 9.17) is 5.26 Å². The van der Waals surface area contributed by atoms with E-state index in [1.54, 1.807) is 6.07 Å². The van der Waals surface area contributed by atoms with Gasteiger partial charge in [0.15, 0.2) is 0 Å². The van der Waals surface area contributed by atoms with Gasteiger partial charge in [0.25, 0.3) is 0 Å². The summed E-state index contributed by atoms with van der Waals surface area (Å²) >= 11 is 3.11. The molecule has 2 aromatic rings. The first-order valence-electron chi connectivity index (χ1n) is 4.74. The third-order valence-corrected chi connectivity index (χ3v) is 2.76. The van der Waals surface area contributed by atoms with Crippen LogP contribution in [0.3, 0.4) is 0 Å². The number of benzene rings is 1. The molecular weight excluding hydrogens is 311 g/mol. The van der Waals surface area contributed by atoms with Crippen molar-refractivity contribution in [2.24, 2.45) is 0 Å². The molecule has 1 heterocycles. The summed E-state index contributed by atoms with van der Waals surface area (Å²) in [6.45, 7) is 0. The van der Waals surface area contributed by atoms with Crippen molar-refractivity contribution in [1.82, 2.24) is 9.55 Å². The Hall–Kier alpha value is -1.81. The van der Waals surface area contributed by atoms with Gasteiger partial charge in [-0.2, -0.15) is 18.4 Å². The molecule has 0 spiro atoms. The highest BCUT2D eigenvalue weighted by Gasteiger charge is 2.34. The van der Waals surface area contributed by atoms with Gasteiger partial charge in [0, 0.05) is 16.9 Å². The van der Waals surface area contributed by atoms with Crippen LogP contribution in [0.2, 0.25) is 0 Å². The second-order valence-electron chi connectivity index (χ2n) is 3.39. The average Bonchev–Trinajstić information content (AvgIpc) is 2.75. The Bertz CT molecular complexity index is 625. The molecule has 18 heavy (non-hydrogen) atoms. The van der Waals surface area contributed by atoms with Crippen molar-refractivity contribution >= 4 is 15.9 Å². The van der Waals surface area contributed by atoms with Crippen LogP contribution in [0, 0.1) is 11.3 Å². The van der Waals surface area contributed by atoms with Crippen LogP contribution < -0.4 is 0 Å². The zero-order valence-electron chi connectivity index (χ0n) is 8.74. The highest BCUT2D eigenvalue weighted by Crippen LogP contribution is 2.35. The topological polar surface area (TPSA) is 41.6 Å². The van der Waals surface area contributed by atoms with Crippen LogP contribution in [0.15, 0.2) is 35.1 Å². The van der Waals surface area contributed by atoms with Crippen molar-refractivity contribution in [3.05, 3.63) is 46.5 Å². The van der Waals surface area contributed by atoms with Crippen LogP contribution in [0.4, 0.5) is 13.2 Å². The van der Waals surface area contributed by atoms with Gasteiger partial charge in [0.1, 0.15) is 6.07 Å². The Kier molecular flexibility index (Phi) is 3.13. The molecule has 7 heteroatoms.